The smallest absolute Gasteiger partial charge is 0.149 e. The van der Waals surface area contributed by atoms with Crippen molar-refractivity contribution in [3.8, 4) is 78.6 Å². The van der Waals surface area contributed by atoms with Crippen molar-refractivity contribution in [3.63, 3.8) is 0 Å². The molecule has 0 atom stereocenters. The zero-order valence-corrected chi connectivity index (χ0v) is 38.3. The minimum absolute atomic E-state index is 0.0518. The van der Waals surface area contributed by atoms with Gasteiger partial charge < -0.3 is 5.11 Å². The van der Waals surface area contributed by atoms with Gasteiger partial charge >= 0.3 is 0 Å². The number of benzene rings is 7. The van der Waals surface area contributed by atoms with E-state index in [1.165, 1.54) is 0 Å². The van der Waals surface area contributed by atoms with Gasteiger partial charge in [0.25, 0.3) is 0 Å². The number of hydrogen-bond acceptors (Lipinski definition) is 3. The van der Waals surface area contributed by atoms with Gasteiger partial charge in [0.2, 0.25) is 0 Å². The van der Waals surface area contributed by atoms with Gasteiger partial charge in [0.1, 0.15) is 11.6 Å². The largest absolute Gasteiger partial charge is 0.507 e. The van der Waals surface area contributed by atoms with Crippen LogP contribution in [-0.4, -0.2) is 19.6 Å². The van der Waals surface area contributed by atoms with Crippen LogP contribution < -0.4 is 0 Å². The Hall–Kier alpha value is -7.04. The molecule has 1 N–H and O–H groups in total. The van der Waals surface area contributed by atoms with E-state index in [4.69, 9.17) is 20.9 Å². The predicted octanol–water partition coefficient (Wildman–Crippen LogP) is 16.6. The normalized spacial score (nSPS) is 14.4. The van der Waals surface area contributed by atoms with Gasteiger partial charge in [-0.25, -0.2) is 4.98 Å². The molecule has 0 aliphatic heterocycles. The van der Waals surface area contributed by atoms with E-state index in [1.54, 1.807) is 58.2 Å². The molecule has 0 amide bonds. The maximum Gasteiger partial charge on any atom is 0.149 e. The predicted molar refractivity (Wildman–Crippen MR) is 274 cm³/mol. The number of aryl methyl sites for hydroxylation is 3. The van der Waals surface area contributed by atoms with Gasteiger partial charge in [-0.1, -0.05) is 151 Å². The van der Waals surface area contributed by atoms with E-state index in [9.17, 15) is 5.11 Å². The molecule has 0 bridgehead atoms. The standard InChI is InChI=1S/C61H59N3O/c1-37(2)46-30-47(38(3)4)32-49(31-46)44-23-24-56(41(7)29-44)64-57-18-14-17-52(58(57)63-60(64)53-27-40(6)28-54(59(53)65)61(8,9)10)50-33-48(42-15-12-11-13-16-42)34-51(35-50)55-36-45(25-26-62-55)43-21-19-39(5)20-22-43/h11-38,65H,1-10H3/i5D3,7D3,37D,38D. The highest BCUT2D eigenvalue weighted by Gasteiger charge is 2.26. The molecule has 0 radical (unpaired) electrons. The topological polar surface area (TPSA) is 50.9 Å². The second-order valence-electron chi connectivity index (χ2n) is 18.6. The Morgan fingerprint density at radius 1 is 0.569 bits per heavy atom. The first-order valence-corrected chi connectivity index (χ1v) is 22.1. The molecule has 2 aromatic heterocycles. The van der Waals surface area contributed by atoms with Crippen LogP contribution in [0.1, 0.15) is 105 Å². The second kappa shape index (κ2) is 17.2. The average molecular weight is 858 g/mol. The van der Waals surface area contributed by atoms with E-state index in [1.807, 2.05) is 129 Å². The number of hydrogen-bond donors (Lipinski definition) is 1. The highest BCUT2D eigenvalue weighted by Crippen LogP contribution is 2.44. The van der Waals surface area contributed by atoms with Crippen LogP contribution in [0, 0.1) is 20.6 Å². The van der Waals surface area contributed by atoms with Gasteiger partial charge in [-0.05, 0) is 154 Å². The summed E-state index contributed by atoms with van der Waals surface area (Å²) in [5.41, 5.74) is 13.0. The van der Waals surface area contributed by atoms with Gasteiger partial charge in [-0.3, -0.25) is 9.55 Å². The van der Waals surface area contributed by atoms with E-state index in [0.717, 1.165) is 50.1 Å². The summed E-state index contributed by atoms with van der Waals surface area (Å²) in [5, 5.41) is 12.3. The van der Waals surface area contributed by atoms with Gasteiger partial charge in [-0.2, -0.15) is 0 Å². The maximum absolute atomic E-state index is 12.3. The number of fused-ring (bicyclic) bond motifs is 1. The van der Waals surface area contributed by atoms with Gasteiger partial charge in [0.15, 0.2) is 0 Å². The van der Waals surface area contributed by atoms with Crippen molar-refractivity contribution < 1.29 is 16.1 Å². The van der Waals surface area contributed by atoms with Crippen LogP contribution in [0.5, 0.6) is 5.75 Å². The number of nitrogens with zero attached hydrogens (tertiary/aromatic N) is 3. The second-order valence-corrected chi connectivity index (χ2v) is 18.6. The molecule has 0 unspecified atom stereocenters. The summed E-state index contributed by atoms with van der Waals surface area (Å²) in [7, 11) is 0. The number of aromatic nitrogens is 3. The Morgan fingerprint density at radius 3 is 1.92 bits per heavy atom. The van der Waals surface area contributed by atoms with Crippen LogP contribution in [0.3, 0.4) is 0 Å². The molecule has 65 heavy (non-hydrogen) atoms. The molecule has 0 aliphatic rings. The molecule has 0 fully saturated rings. The Bertz CT molecular complexity index is 3520. The van der Waals surface area contributed by atoms with Crippen molar-refractivity contribution >= 4 is 11.0 Å². The Morgan fingerprint density at radius 2 is 1.23 bits per heavy atom. The van der Waals surface area contributed by atoms with E-state index >= 15 is 0 Å². The summed E-state index contributed by atoms with van der Waals surface area (Å²) in [6.07, 6.45) is 1.75. The number of rotatable bonds is 9. The molecule has 4 nitrogen and oxygen atoms in total. The Labute approximate surface area is 396 Å². The molecule has 0 saturated carbocycles. The number of aromatic hydroxyl groups is 1. The fraction of sp³-hybridized carbons (Fsp3) is 0.213. The fourth-order valence-electron chi connectivity index (χ4n) is 8.72. The molecule has 2 heterocycles. The lowest BCUT2D eigenvalue weighted by Crippen LogP contribution is -2.12. The summed E-state index contributed by atoms with van der Waals surface area (Å²) in [6, 6.07) is 48.0. The number of phenols is 1. The van der Waals surface area contributed by atoms with Crippen molar-refractivity contribution in [1.82, 2.24) is 14.5 Å². The number of phenolic OH excluding ortho intramolecular Hbond substituents is 1. The van der Waals surface area contributed by atoms with Crippen LogP contribution in [-0.2, 0) is 5.41 Å². The molecule has 9 rings (SSSR count). The third-order valence-corrected chi connectivity index (χ3v) is 12.3. The molecular weight excluding hydrogens is 791 g/mol. The van der Waals surface area contributed by atoms with Crippen molar-refractivity contribution in [2.75, 3.05) is 0 Å². The highest BCUT2D eigenvalue weighted by molar-refractivity contribution is 5.98. The molecule has 7 aromatic carbocycles. The summed E-state index contributed by atoms with van der Waals surface area (Å²) in [4.78, 5) is 10.3. The van der Waals surface area contributed by atoms with Crippen molar-refractivity contribution in [1.29, 1.82) is 0 Å². The van der Waals surface area contributed by atoms with Crippen LogP contribution in [0.25, 0.3) is 83.9 Å². The van der Waals surface area contributed by atoms with Crippen LogP contribution >= 0.6 is 0 Å². The number of pyridine rings is 1. The van der Waals surface area contributed by atoms with Crippen molar-refractivity contribution in [3.05, 3.63) is 191 Å². The van der Waals surface area contributed by atoms with E-state index in [0.29, 0.717) is 56.1 Å². The lowest BCUT2D eigenvalue weighted by molar-refractivity contribution is 0.448. The van der Waals surface area contributed by atoms with Gasteiger partial charge in [0, 0.05) is 33.9 Å². The number of imidazole rings is 1. The van der Waals surface area contributed by atoms with Crippen LogP contribution in [0.15, 0.2) is 158 Å². The van der Waals surface area contributed by atoms with E-state index in [-0.39, 0.29) is 16.9 Å². The summed E-state index contributed by atoms with van der Waals surface area (Å²) < 4.78 is 70.6. The van der Waals surface area contributed by atoms with Crippen molar-refractivity contribution in [2.45, 2.75) is 86.3 Å². The molecule has 324 valence electrons. The molecule has 0 saturated heterocycles. The fourth-order valence-corrected chi connectivity index (χ4v) is 8.72. The first kappa shape index (κ1) is 34.4. The van der Waals surface area contributed by atoms with Crippen LogP contribution in [0.2, 0.25) is 0 Å². The third-order valence-electron chi connectivity index (χ3n) is 12.3. The third kappa shape index (κ3) is 8.54. The minimum atomic E-state index is -2.62. The summed E-state index contributed by atoms with van der Waals surface area (Å²) in [5.74, 6) is -1.55. The zero-order chi connectivity index (χ0) is 52.6. The minimum Gasteiger partial charge on any atom is -0.507 e. The lowest BCUT2D eigenvalue weighted by atomic mass is 9.84. The molecule has 0 aliphatic carbocycles. The molecule has 9 aromatic rings. The molecular formula is C61H59N3O. The SMILES string of the molecule is [2H]C([2H])([2H])c1ccc(-c2ccnc(-c3cc(-c4ccccc4)cc(-c4cccc5c4nc(-c4cc(C)cc(C(C)(C)C)c4O)n5-c4ccc(-c5cc(C([2H])(C)C)cc(C([2H])(C)C)c5)cc4C([2H])([2H])[2H])c3)c2)cc1. The maximum atomic E-state index is 12.3. The van der Waals surface area contributed by atoms with E-state index in [2.05, 4.69) is 30.3 Å². The number of para-hydroxylation sites is 1. The quantitative estimate of drug-likeness (QED) is 0.157. The van der Waals surface area contributed by atoms with Gasteiger partial charge in [-0.15, -0.1) is 0 Å². The highest BCUT2D eigenvalue weighted by atomic mass is 16.3. The summed E-state index contributed by atoms with van der Waals surface area (Å²) >= 11 is 0. The average Bonchev–Trinajstić information content (AvgIpc) is 3.72. The van der Waals surface area contributed by atoms with E-state index < -0.39 is 30.9 Å². The van der Waals surface area contributed by atoms with Crippen molar-refractivity contribution in [2.24, 2.45) is 0 Å². The van der Waals surface area contributed by atoms with Crippen LogP contribution in [0.4, 0.5) is 0 Å². The summed E-state index contributed by atoms with van der Waals surface area (Å²) in [6.45, 7) is 10.5. The molecule has 0 spiro atoms. The molecule has 4 heteroatoms. The lowest BCUT2D eigenvalue weighted by Gasteiger charge is -2.23. The zero-order valence-electron chi connectivity index (χ0n) is 46.3. The monoisotopic (exact) mass is 858 g/mol. The Balaban J connectivity index is 1.31. The first-order chi connectivity index (χ1) is 34.1. The van der Waals surface area contributed by atoms with Gasteiger partial charge in [0.05, 0.1) is 28.0 Å². The Kier molecular flexibility index (Phi) is 9.07. The first-order valence-electron chi connectivity index (χ1n) is 26.1.